The first-order valence-corrected chi connectivity index (χ1v) is 13.5. The molecule has 0 aromatic heterocycles. The summed E-state index contributed by atoms with van der Waals surface area (Å²) in [5.41, 5.74) is 2.97. The Morgan fingerprint density at radius 2 is 1.64 bits per heavy atom. The number of rotatable bonds is 13. The van der Waals surface area contributed by atoms with E-state index in [4.69, 9.17) is 0 Å². The molecule has 0 unspecified atom stereocenters. The average Bonchev–Trinajstić information content (AvgIpc) is 2.89. The van der Waals surface area contributed by atoms with Crippen molar-refractivity contribution in [3.8, 4) is 0 Å². The largest absolute Gasteiger partial charge is 0.354 e. The molecule has 0 bridgehead atoms. The Kier molecular flexibility index (Phi) is 11.0. The van der Waals surface area contributed by atoms with Crippen LogP contribution in [0.2, 0.25) is 0 Å². The van der Waals surface area contributed by atoms with Crippen molar-refractivity contribution in [2.24, 2.45) is 0 Å². The molecule has 3 aromatic rings. The molecule has 0 spiro atoms. The van der Waals surface area contributed by atoms with E-state index in [0.29, 0.717) is 25.1 Å². The monoisotopic (exact) mass is 506 g/mol. The average molecular weight is 507 g/mol. The number of unbranched alkanes of at least 4 members (excludes halogenated alkanes) is 1. The van der Waals surface area contributed by atoms with E-state index < -0.39 is 6.04 Å². The second kappa shape index (κ2) is 14.4. The third-order valence-corrected chi connectivity index (χ3v) is 6.99. The quantitative estimate of drug-likeness (QED) is 0.223. The van der Waals surface area contributed by atoms with E-state index in [1.807, 2.05) is 37.3 Å². The van der Waals surface area contributed by atoms with Crippen LogP contribution in [0.25, 0.3) is 0 Å². The zero-order chi connectivity index (χ0) is 25.8. The van der Waals surface area contributed by atoms with Gasteiger partial charge in [-0.1, -0.05) is 73.5 Å². The number of benzene rings is 3. The summed E-state index contributed by atoms with van der Waals surface area (Å²) < 4.78 is 13.5. The molecule has 3 rings (SSSR count). The van der Waals surface area contributed by atoms with Gasteiger partial charge in [-0.25, -0.2) is 4.39 Å². The van der Waals surface area contributed by atoms with Crippen molar-refractivity contribution in [1.29, 1.82) is 0 Å². The summed E-state index contributed by atoms with van der Waals surface area (Å²) in [4.78, 5) is 29.7. The topological polar surface area (TPSA) is 49.4 Å². The summed E-state index contributed by atoms with van der Waals surface area (Å²) in [5.74, 6) is 0.0286. The Bertz CT molecular complexity index is 1090. The van der Waals surface area contributed by atoms with Gasteiger partial charge in [0.05, 0.1) is 0 Å². The minimum absolute atomic E-state index is 0.0921. The number of aryl methyl sites for hydroxylation is 1. The summed E-state index contributed by atoms with van der Waals surface area (Å²) in [6.07, 6.45) is 2.56. The Hall–Kier alpha value is -3.12. The fourth-order valence-corrected chi connectivity index (χ4v) is 4.72. The lowest BCUT2D eigenvalue weighted by molar-refractivity contribution is -0.141. The highest BCUT2D eigenvalue weighted by molar-refractivity contribution is 7.99. The smallest absolute Gasteiger partial charge is 0.243 e. The van der Waals surface area contributed by atoms with Gasteiger partial charge in [0.15, 0.2) is 0 Å². The summed E-state index contributed by atoms with van der Waals surface area (Å²) >= 11 is 1.63. The van der Waals surface area contributed by atoms with Crippen molar-refractivity contribution >= 4 is 23.6 Å². The maximum Gasteiger partial charge on any atom is 0.243 e. The molecule has 0 heterocycles. The molecule has 4 nitrogen and oxygen atoms in total. The Morgan fingerprint density at radius 3 is 2.31 bits per heavy atom. The number of thioether (sulfide) groups is 1. The van der Waals surface area contributed by atoms with E-state index in [1.54, 1.807) is 28.8 Å². The molecule has 0 aliphatic rings. The number of carbonyl (C=O) groups excluding carboxylic acids is 2. The van der Waals surface area contributed by atoms with Crippen LogP contribution in [0.5, 0.6) is 0 Å². The maximum absolute atomic E-state index is 13.6. The predicted octanol–water partition coefficient (Wildman–Crippen LogP) is 6.17. The van der Waals surface area contributed by atoms with Crippen molar-refractivity contribution in [1.82, 2.24) is 10.2 Å². The van der Waals surface area contributed by atoms with Gasteiger partial charge >= 0.3 is 0 Å². The third kappa shape index (κ3) is 8.83. The normalized spacial score (nSPS) is 11.6. The minimum atomic E-state index is -0.661. The first-order valence-electron chi connectivity index (χ1n) is 12.5. The van der Waals surface area contributed by atoms with Crippen LogP contribution >= 0.6 is 11.8 Å². The zero-order valence-corrected chi connectivity index (χ0v) is 21.9. The van der Waals surface area contributed by atoms with Crippen molar-refractivity contribution in [2.45, 2.75) is 57.0 Å². The van der Waals surface area contributed by atoms with E-state index in [1.165, 1.54) is 17.7 Å². The molecule has 0 fully saturated rings. The van der Waals surface area contributed by atoms with Crippen LogP contribution in [0, 0.1) is 12.7 Å². The molecule has 36 heavy (non-hydrogen) atoms. The van der Waals surface area contributed by atoms with E-state index in [-0.39, 0.29) is 24.2 Å². The number of nitrogens with zero attached hydrogens (tertiary/aromatic N) is 1. The molecule has 0 saturated carbocycles. The van der Waals surface area contributed by atoms with E-state index in [2.05, 4.69) is 36.5 Å². The number of hydrogen-bond acceptors (Lipinski definition) is 3. The van der Waals surface area contributed by atoms with Gasteiger partial charge in [0.25, 0.3) is 0 Å². The summed E-state index contributed by atoms with van der Waals surface area (Å²) in [5, 5.41) is 3.02. The van der Waals surface area contributed by atoms with Crippen molar-refractivity contribution in [3.05, 3.63) is 101 Å². The maximum atomic E-state index is 13.6. The summed E-state index contributed by atoms with van der Waals surface area (Å²) in [6.45, 7) is 4.93. The summed E-state index contributed by atoms with van der Waals surface area (Å²) in [6, 6.07) is 23.4. The molecule has 6 heteroatoms. The molecule has 0 aliphatic carbocycles. The molecular formula is C30H35FN2O2S. The second-order valence-electron chi connectivity index (χ2n) is 8.91. The van der Waals surface area contributed by atoms with Crippen LogP contribution in [-0.4, -0.2) is 35.1 Å². The molecule has 3 aromatic carbocycles. The fraction of sp³-hybridized carbons (Fsp3) is 0.333. The van der Waals surface area contributed by atoms with Crippen LogP contribution in [0.4, 0.5) is 4.39 Å². The van der Waals surface area contributed by atoms with Gasteiger partial charge < -0.3 is 10.2 Å². The number of nitrogens with one attached hydrogen (secondary N) is 1. The van der Waals surface area contributed by atoms with Crippen molar-refractivity contribution < 1.29 is 14.0 Å². The van der Waals surface area contributed by atoms with Crippen LogP contribution in [0.3, 0.4) is 0 Å². The molecule has 0 aliphatic heterocycles. The van der Waals surface area contributed by atoms with Crippen LogP contribution in [0.15, 0.2) is 83.8 Å². The van der Waals surface area contributed by atoms with E-state index in [9.17, 15) is 14.0 Å². The molecule has 1 atom stereocenters. The Balaban J connectivity index is 1.81. The zero-order valence-electron chi connectivity index (χ0n) is 21.1. The predicted molar refractivity (Wildman–Crippen MR) is 145 cm³/mol. The number of halogens is 1. The van der Waals surface area contributed by atoms with E-state index in [0.717, 1.165) is 28.9 Å². The van der Waals surface area contributed by atoms with Gasteiger partial charge in [-0.2, -0.15) is 0 Å². The van der Waals surface area contributed by atoms with Gasteiger partial charge in [0.2, 0.25) is 11.8 Å². The second-order valence-corrected chi connectivity index (χ2v) is 10.1. The van der Waals surface area contributed by atoms with Gasteiger partial charge in [-0.3, -0.25) is 9.59 Å². The van der Waals surface area contributed by atoms with Crippen LogP contribution in [-0.2, 0) is 22.6 Å². The van der Waals surface area contributed by atoms with Gasteiger partial charge in [-0.15, -0.1) is 11.8 Å². The highest BCUT2D eigenvalue weighted by Crippen LogP contribution is 2.21. The lowest BCUT2D eigenvalue weighted by Gasteiger charge is -2.31. The molecule has 0 radical (unpaired) electrons. The van der Waals surface area contributed by atoms with Crippen LogP contribution in [0.1, 0.15) is 42.9 Å². The molecule has 0 saturated heterocycles. The standard InChI is InChI=1S/C30H35FN2O2S/c1-3-4-19-32-30(35)28(21-24-8-6-5-7-9-24)33(22-25-12-14-26(31)15-13-25)29(34)18-20-36-27-16-10-23(2)11-17-27/h5-17,28H,3-4,18-22H2,1-2H3,(H,32,35)/t28-/m1/s1. The first-order chi connectivity index (χ1) is 17.5. The first kappa shape index (κ1) is 27.5. The van der Waals surface area contributed by atoms with Crippen molar-refractivity contribution in [3.63, 3.8) is 0 Å². The Labute approximate surface area is 218 Å². The number of carbonyl (C=O) groups is 2. The molecular weight excluding hydrogens is 471 g/mol. The van der Waals surface area contributed by atoms with E-state index >= 15 is 0 Å². The highest BCUT2D eigenvalue weighted by Gasteiger charge is 2.30. The van der Waals surface area contributed by atoms with Gasteiger partial charge in [0, 0.05) is 36.6 Å². The third-order valence-electron chi connectivity index (χ3n) is 5.97. The van der Waals surface area contributed by atoms with Gasteiger partial charge in [0.1, 0.15) is 11.9 Å². The lowest BCUT2D eigenvalue weighted by atomic mass is 10.0. The van der Waals surface area contributed by atoms with Crippen LogP contribution < -0.4 is 5.32 Å². The SMILES string of the molecule is CCCCNC(=O)[C@@H](Cc1ccccc1)N(Cc1ccc(F)cc1)C(=O)CCSc1ccc(C)cc1. The minimum Gasteiger partial charge on any atom is -0.354 e. The number of amides is 2. The lowest BCUT2D eigenvalue weighted by Crippen LogP contribution is -2.50. The fourth-order valence-electron chi connectivity index (χ4n) is 3.88. The van der Waals surface area contributed by atoms with Crippen molar-refractivity contribution in [2.75, 3.05) is 12.3 Å². The summed E-state index contributed by atoms with van der Waals surface area (Å²) in [7, 11) is 0. The molecule has 1 N–H and O–H groups in total. The molecule has 2 amide bonds. The van der Waals surface area contributed by atoms with Gasteiger partial charge in [-0.05, 0) is 48.7 Å². The number of hydrogen-bond donors (Lipinski definition) is 1. The Morgan fingerprint density at radius 1 is 0.944 bits per heavy atom. The molecule has 190 valence electrons. The highest BCUT2D eigenvalue weighted by atomic mass is 32.2.